The number of nitrogens with one attached hydrogen (secondary N) is 2. The molecular formula is C14H28N4S2. The first-order valence-corrected chi connectivity index (χ1v) is 7.94. The second kappa shape index (κ2) is 6.43. The van der Waals surface area contributed by atoms with Crippen LogP contribution in [0.4, 0.5) is 0 Å². The van der Waals surface area contributed by atoms with Crippen LogP contribution in [0, 0.1) is 0 Å². The van der Waals surface area contributed by atoms with Gasteiger partial charge in [0, 0.05) is 37.3 Å². The molecule has 0 radical (unpaired) electrons. The van der Waals surface area contributed by atoms with Gasteiger partial charge in [-0.2, -0.15) is 0 Å². The van der Waals surface area contributed by atoms with Crippen molar-refractivity contribution in [2.24, 2.45) is 0 Å². The molecular weight excluding hydrogens is 288 g/mol. The van der Waals surface area contributed by atoms with E-state index in [1.54, 1.807) is 0 Å². The Morgan fingerprint density at radius 3 is 1.15 bits per heavy atom. The van der Waals surface area contributed by atoms with E-state index in [4.69, 9.17) is 24.4 Å². The quantitative estimate of drug-likeness (QED) is 0.664. The molecule has 4 nitrogen and oxygen atoms in total. The van der Waals surface area contributed by atoms with E-state index in [-0.39, 0.29) is 11.1 Å². The van der Waals surface area contributed by atoms with Crippen molar-refractivity contribution in [1.82, 2.24) is 20.4 Å². The van der Waals surface area contributed by atoms with Crippen LogP contribution in [0.15, 0.2) is 0 Å². The molecule has 0 saturated carbocycles. The molecule has 0 amide bonds. The van der Waals surface area contributed by atoms with Crippen molar-refractivity contribution in [1.29, 1.82) is 0 Å². The molecule has 2 N–H and O–H groups in total. The molecule has 0 bridgehead atoms. The molecule has 1 fully saturated rings. The van der Waals surface area contributed by atoms with Gasteiger partial charge < -0.3 is 20.4 Å². The summed E-state index contributed by atoms with van der Waals surface area (Å²) in [4.78, 5) is 4.44. The highest BCUT2D eigenvalue weighted by Crippen LogP contribution is 2.08. The van der Waals surface area contributed by atoms with Crippen molar-refractivity contribution in [3.63, 3.8) is 0 Å². The normalized spacial score (nSPS) is 16.9. The summed E-state index contributed by atoms with van der Waals surface area (Å²) in [5, 5.41) is 8.40. The molecule has 0 aliphatic carbocycles. The number of nitrogens with zero attached hydrogens (tertiary/aromatic N) is 2. The third kappa shape index (κ3) is 6.22. The van der Waals surface area contributed by atoms with Crippen LogP contribution in [0.1, 0.15) is 41.5 Å². The molecule has 20 heavy (non-hydrogen) atoms. The fourth-order valence-corrected chi connectivity index (χ4v) is 2.89. The third-order valence-corrected chi connectivity index (χ3v) is 3.54. The van der Waals surface area contributed by atoms with Crippen molar-refractivity contribution in [2.45, 2.75) is 52.6 Å². The van der Waals surface area contributed by atoms with Crippen LogP contribution in [0.5, 0.6) is 0 Å². The Hall–Kier alpha value is -0.620. The number of piperazine rings is 1. The van der Waals surface area contributed by atoms with Crippen molar-refractivity contribution < 1.29 is 0 Å². The number of hydrogen-bond acceptors (Lipinski definition) is 2. The zero-order chi connectivity index (χ0) is 15.6. The van der Waals surface area contributed by atoms with Gasteiger partial charge in [-0.3, -0.25) is 0 Å². The van der Waals surface area contributed by atoms with E-state index in [0.29, 0.717) is 0 Å². The van der Waals surface area contributed by atoms with Gasteiger partial charge in [-0.05, 0) is 66.0 Å². The van der Waals surface area contributed by atoms with Gasteiger partial charge in [-0.25, -0.2) is 0 Å². The van der Waals surface area contributed by atoms with Crippen LogP contribution in [-0.4, -0.2) is 57.3 Å². The smallest absolute Gasteiger partial charge is 0.169 e. The minimum absolute atomic E-state index is 0.0112. The summed E-state index contributed by atoms with van der Waals surface area (Å²) < 4.78 is 0. The minimum atomic E-state index is 0.0112. The monoisotopic (exact) mass is 316 g/mol. The Balaban J connectivity index is 2.44. The minimum Gasteiger partial charge on any atom is -0.358 e. The molecule has 0 aromatic carbocycles. The highest BCUT2D eigenvalue weighted by Gasteiger charge is 2.24. The van der Waals surface area contributed by atoms with E-state index < -0.39 is 0 Å². The van der Waals surface area contributed by atoms with E-state index in [2.05, 4.69) is 62.0 Å². The van der Waals surface area contributed by atoms with Gasteiger partial charge in [-0.1, -0.05) is 0 Å². The summed E-state index contributed by atoms with van der Waals surface area (Å²) in [6.07, 6.45) is 0. The maximum atomic E-state index is 5.46. The first kappa shape index (κ1) is 17.4. The van der Waals surface area contributed by atoms with Crippen molar-refractivity contribution in [3.8, 4) is 0 Å². The van der Waals surface area contributed by atoms with Gasteiger partial charge in [0.1, 0.15) is 0 Å². The average Bonchev–Trinajstić information content (AvgIpc) is 2.24. The van der Waals surface area contributed by atoms with Crippen LogP contribution in [0.2, 0.25) is 0 Å². The lowest BCUT2D eigenvalue weighted by Crippen LogP contribution is -2.58. The second-order valence-electron chi connectivity index (χ2n) is 7.33. The van der Waals surface area contributed by atoms with Gasteiger partial charge >= 0.3 is 0 Å². The van der Waals surface area contributed by atoms with Crippen molar-refractivity contribution >= 4 is 34.7 Å². The standard InChI is InChI=1S/C14H28N4S2/c1-13(2,3)15-11(19)17-7-9-18(10-8-17)12(20)16-14(4,5)6/h7-10H2,1-6H3,(H,15,19)(H,16,20). The molecule has 1 aliphatic heterocycles. The Morgan fingerprint density at radius 1 is 0.700 bits per heavy atom. The third-order valence-electron chi connectivity index (χ3n) is 2.82. The lowest BCUT2D eigenvalue weighted by atomic mass is 10.1. The Kier molecular flexibility index (Phi) is 5.61. The zero-order valence-corrected chi connectivity index (χ0v) is 15.2. The lowest BCUT2D eigenvalue weighted by Gasteiger charge is -2.40. The molecule has 1 rings (SSSR count). The summed E-state index contributed by atoms with van der Waals surface area (Å²) in [5.41, 5.74) is 0.0224. The SMILES string of the molecule is CC(C)(C)NC(=S)N1CCN(C(=S)NC(C)(C)C)CC1. The molecule has 0 atom stereocenters. The van der Waals surface area contributed by atoms with E-state index >= 15 is 0 Å². The number of hydrogen-bond donors (Lipinski definition) is 2. The molecule has 0 spiro atoms. The van der Waals surface area contributed by atoms with Crippen LogP contribution in [-0.2, 0) is 0 Å². The second-order valence-corrected chi connectivity index (χ2v) is 8.11. The van der Waals surface area contributed by atoms with Gasteiger partial charge in [0.2, 0.25) is 0 Å². The molecule has 116 valence electrons. The fraction of sp³-hybridized carbons (Fsp3) is 0.857. The summed E-state index contributed by atoms with van der Waals surface area (Å²) >= 11 is 10.9. The zero-order valence-electron chi connectivity index (χ0n) is 13.5. The Bertz CT molecular complexity index is 324. The first-order valence-electron chi connectivity index (χ1n) is 7.12. The van der Waals surface area contributed by atoms with E-state index in [1.165, 1.54) is 0 Å². The predicted molar refractivity (Wildman–Crippen MR) is 94.1 cm³/mol. The van der Waals surface area contributed by atoms with Crippen LogP contribution >= 0.6 is 24.4 Å². The number of rotatable bonds is 0. The highest BCUT2D eigenvalue weighted by molar-refractivity contribution is 7.80. The Morgan fingerprint density at radius 2 is 0.950 bits per heavy atom. The highest BCUT2D eigenvalue weighted by atomic mass is 32.1. The number of thiocarbonyl (C=S) groups is 2. The summed E-state index contributed by atoms with van der Waals surface area (Å²) in [5.74, 6) is 0. The van der Waals surface area contributed by atoms with Crippen LogP contribution < -0.4 is 10.6 Å². The van der Waals surface area contributed by atoms with E-state index in [0.717, 1.165) is 36.4 Å². The largest absolute Gasteiger partial charge is 0.358 e. The first-order chi connectivity index (χ1) is 8.98. The molecule has 1 saturated heterocycles. The van der Waals surface area contributed by atoms with Crippen LogP contribution in [0.3, 0.4) is 0 Å². The Labute approximate surface area is 134 Å². The molecule has 0 aromatic rings. The summed E-state index contributed by atoms with van der Waals surface area (Å²) in [6, 6.07) is 0. The average molecular weight is 317 g/mol. The van der Waals surface area contributed by atoms with Gasteiger partial charge in [0.15, 0.2) is 10.2 Å². The van der Waals surface area contributed by atoms with Crippen LogP contribution in [0.25, 0.3) is 0 Å². The molecule has 0 unspecified atom stereocenters. The molecule has 0 aromatic heterocycles. The van der Waals surface area contributed by atoms with Gasteiger partial charge in [0.25, 0.3) is 0 Å². The maximum Gasteiger partial charge on any atom is 0.169 e. The summed E-state index contributed by atoms with van der Waals surface area (Å²) in [6.45, 7) is 16.4. The molecule has 1 aliphatic rings. The summed E-state index contributed by atoms with van der Waals surface area (Å²) in [7, 11) is 0. The predicted octanol–water partition coefficient (Wildman–Crippen LogP) is 1.95. The van der Waals surface area contributed by atoms with E-state index in [9.17, 15) is 0 Å². The van der Waals surface area contributed by atoms with Crippen molar-refractivity contribution in [2.75, 3.05) is 26.2 Å². The topological polar surface area (TPSA) is 30.5 Å². The maximum absolute atomic E-state index is 5.46. The fourth-order valence-electron chi connectivity index (χ4n) is 1.91. The van der Waals surface area contributed by atoms with Crippen molar-refractivity contribution in [3.05, 3.63) is 0 Å². The molecule has 1 heterocycles. The van der Waals surface area contributed by atoms with Gasteiger partial charge in [0.05, 0.1) is 0 Å². The van der Waals surface area contributed by atoms with E-state index in [1.807, 2.05) is 0 Å². The lowest BCUT2D eigenvalue weighted by molar-refractivity contribution is 0.247. The van der Waals surface area contributed by atoms with Gasteiger partial charge in [-0.15, -0.1) is 0 Å². The molecule has 6 heteroatoms.